The molecule has 90 valence electrons. The van der Waals surface area contributed by atoms with Gasteiger partial charge in [-0.3, -0.25) is 0 Å². The van der Waals surface area contributed by atoms with Gasteiger partial charge in [0.05, 0.1) is 12.8 Å². The third kappa shape index (κ3) is 3.20. The molecule has 0 saturated carbocycles. The molecule has 0 saturated heterocycles. The molecular formula is C11H18N2O2S. The minimum absolute atomic E-state index is 0.313. The van der Waals surface area contributed by atoms with Gasteiger partial charge in [-0.2, -0.15) is 0 Å². The Labute approximate surface area is 100 Å². The molecule has 4 nitrogen and oxygen atoms in total. The van der Waals surface area contributed by atoms with Crippen molar-refractivity contribution < 1.29 is 9.53 Å². The number of esters is 1. The topological polar surface area (TPSA) is 51.2 Å². The first-order valence-corrected chi connectivity index (χ1v) is 6.19. The summed E-state index contributed by atoms with van der Waals surface area (Å²) in [4.78, 5) is 16.2. The van der Waals surface area contributed by atoms with Crippen molar-refractivity contribution in [2.75, 3.05) is 19.0 Å². The van der Waals surface area contributed by atoms with Crippen LogP contribution < -0.4 is 5.32 Å². The maximum Gasteiger partial charge on any atom is 0.350 e. The van der Waals surface area contributed by atoms with E-state index in [1.54, 1.807) is 0 Å². The van der Waals surface area contributed by atoms with Crippen LogP contribution in [-0.2, 0) is 4.74 Å². The minimum Gasteiger partial charge on any atom is -0.465 e. The van der Waals surface area contributed by atoms with Crippen LogP contribution in [0.1, 0.15) is 35.6 Å². The lowest BCUT2D eigenvalue weighted by Gasteiger charge is -2.07. The largest absolute Gasteiger partial charge is 0.465 e. The molecule has 1 unspecified atom stereocenters. The van der Waals surface area contributed by atoms with Gasteiger partial charge in [-0.25, -0.2) is 9.78 Å². The Morgan fingerprint density at radius 1 is 1.62 bits per heavy atom. The molecule has 1 N–H and O–H groups in total. The molecule has 1 atom stereocenters. The number of thiazole rings is 1. The Morgan fingerprint density at radius 2 is 2.31 bits per heavy atom. The van der Waals surface area contributed by atoms with Gasteiger partial charge in [0, 0.05) is 6.54 Å². The van der Waals surface area contributed by atoms with Crippen LogP contribution in [-0.4, -0.2) is 24.6 Å². The minimum atomic E-state index is -0.313. The number of aromatic nitrogens is 1. The van der Waals surface area contributed by atoms with Gasteiger partial charge in [-0.05, 0) is 12.8 Å². The molecule has 0 spiro atoms. The highest BCUT2D eigenvalue weighted by Crippen LogP contribution is 2.23. The molecular weight excluding hydrogens is 224 g/mol. The van der Waals surface area contributed by atoms with E-state index in [1.165, 1.54) is 18.4 Å². The molecule has 0 radical (unpaired) electrons. The standard InChI is InChI=1S/C11H18N2O2S/c1-5-7(2)6-12-11-13-8(3)9(16-11)10(14)15-4/h7H,5-6H2,1-4H3,(H,12,13). The number of hydrogen-bond acceptors (Lipinski definition) is 5. The fourth-order valence-corrected chi connectivity index (χ4v) is 2.05. The van der Waals surface area contributed by atoms with E-state index >= 15 is 0 Å². The summed E-state index contributed by atoms with van der Waals surface area (Å²) in [5, 5.41) is 4.03. The molecule has 1 aromatic heterocycles. The smallest absolute Gasteiger partial charge is 0.350 e. The number of carbonyl (C=O) groups excluding carboxylic acids is 1. The van der Waals surface area contributed by atoms with Crippen molar-refractivity contribution >= 4 is 22.4 Å². The Balaban J connectivity index is 2.66. The summed E-state index contributed by atoms with van der Waals surface area (Å²) < 4.78 is 4.68. The zero-order valence-electron chi connectivity index (χ0n) is 10.2. The fraction of sp³-hybridized carbons (Fsp3) is 0.636. The van der Waals surface area contributed by atoms with Gasteiger partial charge in [-0.15, -0.1) is 0 Å². The number of anilines is 1. The summed E-state index contributed by atoms with van der Waals surface area (Å²) in [6, 6.07) is 0. The van der Waals surface area contributed by atoms with Gasteiger partial charge >= 0.3 is 5.97 Å². The molecule has 5 heteroatoms. The average Bonchev–Trinajstić information content (AvgIpc) is 2.66. The number of nitrogens with zero attached hydrogens (tertiary/aromatic N) is 1. The number of hydrogen-bond donors (Lipinski definition) is 1. The van der Waals surface area contributed by atoms with E-state index in [1.807, 2.05) is 6.92 Å². The first-order chi connectivity index (χ1) is 7.58. The lowest BCUT2D eigenvalue weighted by molar-refractivity contribution is 0.0605. The van der Waals surface area contributed by atoms with Crippen LogP contribution in [0.15, 0.2) is 0 Å². The number of ether oxygens (including phenoxy) is 1. The third-order valence-corrected chi connectivity index (χ3v) is 3.56. The molecule has 0 aromatic carbocycles. The molecule has 0 aliphatic heterocycles. The molecule has 1 rings (SSSR count). The second-order valence-corrected chi connectivity index (χ2v) is 4.82. The van der Waals surface area contributed by atoms with Crippen molar-refractivity contribution in [3.8, 4) is 0 Å². The molecule has 16 heavy (non-hydrogen) atoms. The molecule has 1 aromatic rings. The van der Waals surface area contributed by atoms with E-state index in [0.29, 0.717) is 10.8 Å². The Bertz CT molecular complexity index is 363. The number of rotatable bonds is 5. The Kier molecular flexibility index (Phi) is 4.73. The quantitative estimate of drug-likeness (QED) is 0.807. The van der Waals surface area contributed by atoms with Crippen molar-refractivity contribution in [2.45, 2.75) is 27.2 Å². The van der Waals surface area contributed by atoms with Gasteiger partial charge in [0.2, 0.25) is 0 Å². The maximum absolute atomic E-state index is 11.4. The first-order valence-electron chi connectivity index (χ1n) is 5.38. The Morgan fingerprint density at radius 3 is 2.88 bits per heavy atom. The van der Waals surface area contributed by atoms with E-state index in [9.17, 15) is 4.79 Å². The maximum atomic E-state index is 11.4. The van der Waals surface area contributed by atoms with Crippen molar-refractivity contribution in [3.63, 3.8) is 0 Å². The monoisotopic (exact) mass is 242 g/mol. The fourth-order valence-electron chi connectivity index (χ4n) is 1.16. The van der Waals surface area contributed by atoms with E-state index in [-0.39, 0.29) is 5.97 Å². The highest BCUT2D eigenvalue weighted by Gasteiger charge is 2.15. The molecule has 0 amide bonds. The zero-order valence-corrected chi connectivity index (χ0v) is 11.0. The van der Waals surface area contributed by atoms with Crippen molar-refractivity contribution in [3.05, 3.63) is 10.6 Å². The van der Waals surface area contributed by atoms with E-state index in [0.717, 1.165) is 23.8 Å². The first kappa shape index (κ1) is 13.0. The van der Waals surface area contributed by atoms with Crippen LogP contribution in [0.4, 0.5) is 5.13 Å². The molecule has 0 aliphatic carbocycles. The normalized spacial score (nSPS) is 12.2. The predicted octanol–water partition coefficient (Wildman–Crippen LogP) is 2.70. The predicted molar refractivity (Wildman–Crippen MR) is 66.1 cm³/mol. The lowest BCUT2D eigenvalue weighted by atomic mass is 10.1. The number of aryl methyl sites for hydroxylation is 1. The van der Waals surface area contributed by atoms with E-state index in [2.05, 4.69) is 28.9 Å². The van der Waals surface area contributed by atoms with Crippen molar-refractivity contribution in [2.24, 2.45) is 5.92 Å². The average molecular weight is 242 g/mol. The lowest BCUT2D eigenvalue weighted by Crippen LogP contribution is -2.09. The number of carbonyl (C=O) groups is 1. The summed E-state index contributed by atoms with van der Waals surface area (Å²) in [5.41, 5.74) is 0.725. The molecule has 0 aliphatic rings. The summed E-state index contributed by atoms with van der Waals surface area (Å²) in [6.07, 6.45) is 1.13. The second-order valence-electron chi connectivity index (χ2n) is 3.82. The van der Waals surface area contributed by atoms with Crippen molar-refractivity contribution in [1.82, 2.24) is 4.98 Å². The summed E-state index contributed by atoms with van der Waals surface area (Å²) in [5.74, 6) is 0.289. The van der Waals surface area contributed by atoms with Gasteiger partial charge < -0.3 is 10.1 Å². The zero-order chi connectivity index (χ0) is 12.1. The number of nitrogens with one attached hydrogen (secondary N) is 1. The highest BCUT2D eigenvalue weighted by atomic mass is 32.1. The van der Waals surface area contributed by atoms with Crippen LogP contribution >= 0.6 is 11.3 Å². The molecule has 0 fully saturated rings. The molecule has 1 heterocycles. The second kappa shape index (κ2) is 5.84. The van der Waals surface area contributed by atoms with E-state index in [4.69, 9.17) is 0 Å². The van der Waals surface area contributed by atoms with Gasteiger partial charge in [0.15, 0.2) is 5.13 Å². The number of methoxy groups -OCH3 is 1. The van der Waals surface area contributed by atoms with Crippen LogP contribution in [0.3, 0.4) is 0 Å². The summed E-state index contributed by atoms with van der Waals surface area (Å²) >= 11 is 1.35. The van der Waals surface area contributed by atoms with Crippen LogP contribution in [0.2, 0.25) is 0 Å². The summed E-state index contributed by atoms with van der Waals surface area (Å²) in [7, 11) is 1.38. The third-order valence-electron chi connectivity index (χ3n) is 2.47. The van der Waals surface area contributed by atoms with Crippen LogP contribution in [0, 0.1) is 12.8 Å². The molecule has 0 bridgehead atoms. The SMILES string of the molecule is CCC(C)CNc1nc(C)c(C(=O)OC)s1. The van der Waals surface area contributed by atoms with Gasteiger partial charge in [0.25, 0.3) is 0 Å². The van der Waals surface area contributed by atoms with Crippen LogP contribution in [0.25, 0.3) is 0 Å². The van der Waals surface area contributed by atoms with Crippen molar-refractivity contribution in [1.29, 1.82) is 0 Å². The van der Waals surface area contributed by atoms with E-state index < -0.39 is 0 Å². The summed E-state index contributed by atoms with van der Waals surface area (Å²) in [6.45, 7) is 7.02. The Hall–Kier alpha value is -1.10. The van der Waals surface area contributed by atoms with Crippen LogP contribution in [0.5, 0.6) is 0 Å². The van der Waals surface area contributed by atoms with Gasteiger partial charge in [-0.1, -0.05) is 31.6 Å². The van der Waals surface area contributed by atoms with Gasteiger partial charge in [0.1, 0.15) is 4.88 Å². The highest BCUT2D eigenvalue weighted by molar-refractivity contribution is 7.17.